The van der Waals surface area contributed by atoms with Gasteiger partial charge in [-0.15, -0.1) is 0 Å². The van der Waals surface area contributed by atoms with Crippen LogP contribution in [-0.2, 0) is 16.6 Å². The van der Waals surface area contributed by atoms with Gasteiger partial charge in [-0.05, 0) is 0 Å². The molecule has 0 bridgehead atoms. The van der Waals surface area contributed by atoms with Gasteiger partial charge in [0, 0.05) is 13.2 Å². The van der Waals surface area contributed by atoms with Crippen molar-refractivity contribution in [2.24, 2.45) is 7.05 Å². The van der Waals surface area contributed by atoms with E-state index in [0.717, 1.165) is 0 Å². The topological polar surface area (TPSA) is 73.2 Å². The van der Waals surface area contributed by atoms with Crippen molar-refractivity contribution in [1.82, 2.24) is 15.1 Å². The Morgan fingerprint density at radius 1 is 1.64 bits per heavy atom. The number of nitrogens with one attached hydrogen (secondary N) is 1. The van der Waals surface area contributed by atoms with Crippen LogP contribution in [0.25, 0.3) is 0 Å². The highest BCUT2D eigenvalue weighted by Gasteiger charge is 2.08. The van der Waals surface area contributed by atoms with Crippen molar-refractivity contribution in [2.75, 3.05) is 13.7 Å². The lowest BCUT2D eigenvalue weighted by Crippen LogP contribution is -2.29. The minimum absolute atomic E-state index is 0.135. The number of carbonyl (C=O) groups excluding carboxylic acids is 2. The van der Waals surface area contributed by atoms with Gasteiger partial charge in [0.25, 0.3) is 5.91 Å². The van der Waals surface area contributed by atoms with Crippen molar-refractivity contribution < 1.29 is 14.3 Å². The summed E-state index contributed by atoms with van der Waals surface area (Å²) < 4.78 is 5.87. The van der Waals surface area contributed by atoms with Gasteiger partial charge in [0.05, 0.1) is 18.9 Å². The third-order valence-corrected chi connectivity index (χ3v) is 1.59. The molecule has 1 heterocycles. The first-order valence-electron chi connectivity index (χ1n) is 3.97. The predicted molar refractivity (Wildman–Crippen MR) is 47.6 cm³/mol. The molecule has 0 radical (unpaired) electrons. The summed E-state index contributed by atoms with van der Waals surface area (Å²) in [5.41, 5.74) is 0.413. The van der Waals surface area contributed by atoms with Crippen LogP contribution in [0.4, 0.5) is 0 Å². The normalized spacial score (nSPS) is 9.57. The summed E-state index contributed by atoms with van der Waals surface area (Å²) in [5.74, 6) is -0.828. The summed E-state index contributed by atoms with van der Waals surface area (Å²) >= 11 is 0. The Hall–Kier alpha value is -1.85. The van der Waals surface area contributed by atoms with E-state index < -0.39 is 5.97 Å². The second-order valence-electron chi connectivity index (χ2n) is 2.66. The molecule has 76 valence electrons. The number of methoxy groups -OCH3 is 1. The van der Waals surface area contributed by atoms with Crippen molar-refractivity contribution in [1.29, 1.82) is 0 Å². The van der Waals surface area contributed by atoms with E-state index in [4.69, 9.17) is 0 Å². The van der Waals surface area contributed by atoms with E-state index >= 15 is 0 Å². The molecule has 0 aliphatic heterocycles. The van der Waals surface area contributed by atoms with E-state index in [1.165, 1.54) is 18.0 Å². The van der Waals surface area contributed by atoms with Crippen molar-refractivity contribution >= 4 is 11.9 Å². The summed E-state index contributed by atoms with van der Waals surface area (Å²) in [4.78, 5) is 22.0. The van der Waals surface area contributed by atoms with Gasteiger partial charge in [-0.3, -0.25) is 14.3 Å². The number of carbonyl (C=O) groups is 2. The van der Waals surface area contributed by atoms with Crippen LogP contribution < -0.4 is 5.32 Å². The molecule has 1 amide bonds. The molecule has 6 nitrogen and oxygen atoms in total. The number of aromatic nitrogens is 2. The molecule has 0 aliphatic rings. The second-order valence-corrected chi connectivity index (χ2v) is 2.66. The van der Waals surface area contributed by atoms with Crippen molar-refractivity contribution in [3.8, 4) is 0 Å². The highest BCUT2D eigenvalue weighted by molar-refractivity contribution is 5.95. The third kappa shape index (κ3) is 2.58. The second kappa shape index (κ2) is 4.40. The Morgan fingerprint density at radius 3 is 2.86 bits per heavy atom. The molecular weight excluding hydrogens is 186 g/mol. The van der Waals surface area contributed by atoms with Crippen LogP contribution in [0.1, 0.15) is 10.4 Å². The number of amides is 1. The SMILES string of the molecule is COC(=O)CNC(=O)c1cnn(C)c1. The average Bonchev–Trinajstić information content (AvgIpc) is 2.60. The minimum atomic E-state index is -0.484. The van der Waals surface area contributed by atoms with Gasteiger partial charge in [-0.25, -0.2) is 0 Å². The van der Waals surface area contributed by atoms with Gasteiger partial charge in [-0.1, -0.05) is 0 Å². The van der Waals surface area contributed by atoms with E-state index in [9.17, 15) is 9.59 Å². The molecule has 0 fully saturated rings. The van der Waals surface area contributed by atoms with Crippen LogP contribution in [0.15, 0.2) is 12.4 Å². The summed E-state index contributed by atoms with van der Waals surface area (Å²) in [6.07, 6.45) is 2.99. The van der Waals surface area contributed by atoms with Crippen LogP contribution in [-0.4, -0.2) is 35.3 Å². The van der Waals surface area contributed by atoms with Crippen LogP contribution in [0.5, 0.6) is 0 Å². The maximum Gasteiger partial charge on any atom is 0.325 e. The zero-order valence-corrected chi connectivity index (χ0v) is 7.98. The molecule has 0 saturated heterocycles. The lowest BCUT2D eigenvalue weighted by Gasteiger charge is -2.00. The van der Waals surface area contributed by atoms with Crippen LogP contribution in [0.3, 0.4) is 0 Å². The highest BCUT2D eigenvalue weighted by Crippen LogP contribution is 1.94. The number of rotatable bonds is 3. The maximum atomic E-state index is 11.3. The van der Waals surface area contributed by atoms with Crippen molar-refractivity contribution in [3.63, 3.8) is 0 Å². The number of hydrogen-bond donors (Lipinski definition) is 1. The number of esters is 1. The molecule has 0 unspecified atom stereocenters. The Balaban J connectivity index is 2.47. The number of nitrogens with zero attached hydrogens (tertiary/aromatic N) is 2. The smallest absolute Gasteiger partial charge is 0.325 e. The number of hydrogen-bond acceptors (Lipinski definition) is 4. The Kier molecular flexibility index (Phi) is 3.22. The van der Waals surface area contributed by atoms with Crippen molar-refractivity contribution in [2.45, 2.75) is 0 Å². The van der Waals surface area contributed by atoms with Crippen LogP contribution in [0, 0.1) is 0 Å². The van der Waals surface area contributed by atoms with Gasteiger partial charge in [0.2, 0.25) is 0 Å². The average molecular weight is 197 g/mol. The van der Waals surface area contributed by atoms with Gasteiger partial charge in [-0.2, -0.15) is 5.10 Å². The predicted octanol–water partition coefficient (Wildman–Crippen LogP) is -0.677. The molecule has 6 heteroatoms. The van der Waals surface area contributed by atoms with Gasteiger partial charge in [0.15, 0.2) is 0 Å². The van der Waals surface area contributed by atoms with Gasteiger partial charge < -0.3 is 10.1 Å². The van der Waals surface area contributed by atoms with Crippen molar-refractivity contribution in [3.05, 3.63) is 18.0 Å². The fourth-order valence-corrected chi connectivity index (χ4v) is 0.865. The van der Waals surface area contributed by atoms with E-state index in [1.54, 1.807) is 13.2 Å². The molecule has 0 aliphatic carbocycles. The minimum Gasteiger partial charge on any atom is -0.468 e. The monoisotopic (exact) mass is 197 g/mol. The van der Waals surface area contributed by atoms with E-state index in [2.05, 4.69) is 15.2 Å². The highest BCUT2D eigenvalue weighted by atomic mass is 16.5. The van der Waals surface area contributed by atoms with E-state index in [-0.39, 0.29) is 12.5 Å². The zero-order chi connectivity index (χ0) is 10.6. The standard InChI is InChI=1S/C8H11N3O3/c1-11-5-6(3-10-11)8(13)9-4-7(12)14-2/h3,5H,4H2,1-2H3,(H,9,13). The molecule has 0 atom stereocenters. The Labute approximate surface area is 80.8 Å². The molecule has 1 aromatic heterocycles. The summed E-state index contributed by atoms with van der Waals surface area (Å²) in [5, 5.41) is 6.22. The molecule has 0 spiro atoms. The lowest BCUT2D eigenvalue weighted by molar-refractivity contribution is -0.139. The molecule has 1 rings (SSSR count). The lowest BCUT2D eigenvalue weighted by atomic mass is 10.3. The van der Waals surface area contributed by atoms with Crippen LogP contribution in [0.2, 0.25) is 0 Å². The Morgan fingerprint density at radius 2 is 2.36 bits per heavy atom. The first-order chi connectivity index (χ1) is 6.63. The molecule has 0 aromatic carbocycles. The zero-order valence-electron chi connectivity index (χ0n) is 7.98. The van der Waals surface area contributed by atoms with E-state index in [1.807, 2.05) is 0 Å². The van der Waals surface area contributed by atoms with Crippen LogP contribution >= 0.6 is 0 Å². The summed E-state index contributed by atoms with van der Waals surface area (Å²) in [7, 11) is 2.97. The Bertz CT molecular complexity index is 345. The van der Waals surface area contributed by atoms with E-state index in [0.29, 0.717) is 5.56 Å². The molecular formula is C8H11N3O3. The number of ether oxygens (including phenoxy) is 1. The fourth-order valence-electron chi connectivity index (χ4n) is 0.865. The largest absolute Gasteiger partial charge is 0.468 e. The number of aryl methyl sites for hydroxylation is 1. The molecule has 14 heavy (non-hydrogen) atoms. The molecule has 0 saturated carbocycles. The summed E-state index contributed by atoms with van der Waals surface area (Å²) in [6.45, 7) is -0.135. The third-order valence-electron chi connectivity index (χ3n) is 1.59. The quantitative estimate of drug-likeness (QED) is 0.652. The molecule has 1 N–H and O–H groups in total. The first-order valence-corrected chi connectivity index (χ1v) is 3.97. The van der Waals surface area contributed by atoms with Gasteiger partial charge in [0.1, 0.15) is 6.54 Å². The molecule has 1 aromatic rings. The first kappa shape index (κ1) is 10.2. The fraction of sp³-hybridized carbons (Fsp3) is 0.375. The summed E-state index contributed by atoms with van der Waals surface area (Å²) in [6, 6.07) is 0. The van der Waals surface area contributed by atoms with Gasteiger partial charge >= 0.3 is 5.97 Å². The maximum absolute atomic E-state index is 11.3.